The van der Waals surface area contributed by atoms with Gasteiger partial charge in [0.2, 0.25) is 5.91 Å². The summed E-state index contributed by atoms with van der Waals surface area (Å²) in [5, 5.41) is 0. The first-order valence-electron chi connectivity index (χ1n) is 14.0. The molecule has 3 atom stereocenters. The van der Waals surface area contributed by atoms with Gasteiger partial charge in [0.25, 0.3) is 0 Å². The molecule has 1 aromatic carbocycles. The fourth-order valence-corrected chi connectivity index (χ4v) is 6.58. The number of hydrogen-bond donors (Lipinski definition) is 2. The van der Waals surface area contributed by atoms with Gasteiger partial charge in [-0.3, -0.25) is 9.59 Å². The number of hydrogen-bond acceptors (Lipinski definition) is 3. The van der Waals surface area contributed by atoms with Gasteiger partial charge in [0, 0.05) is 30.8 Å². The molecule has 36 heavy (non-hydrogen) atoms. The van der Waals surface area contributed by atoms with Gasteiger partial charge in [-0.1, -0.05) is 88.8 Å². The number of aliphatic imine (C=N–C) groups is 1. The molecule has 1 aromatic rings. The van der Waals surface area contributed by atoms with E-state index in [0.717, 1.165) is 45.2 Å². The molecule has 4 N–H and O–H groups in total. The first-order chi connectivity index (χ1) is 17.3. The molecule has 1 aliphatic heterocycles. The number of allylic oxidation sites excluding steroid dienone is 1. The number of nitrogens with two attached hydrogens (primary N) is 2. The van der Waals surface area contributed by atoms with Gasteiger partial charge in [-0.25, -0.2) is 4.99 Å². The van der Waals surface area contributed by atoms with Crippen molar-refractivity contribution >= 4 is 23.7 Å². The fraction of sp³-hybridized carbons (Fsp3) is 0.633. The van der Waals surface area contributed by atoms with E-state index in [1.54, 1.807) is 0 Å². The van der Waals surface area contributed by atoms with Crippen LogP contribution in [0, 0.1) is 17.8 Å². The number of Topliss-reactive ketones (excluding diaryl/α,β-unsaturated/α-hetero) is 1. The lowest BCUT2D eigenvalue weighted by molar-refractivity contribution is -0.141. The highest BCUT2D eigenvalue weighted by Gasteiger charge is 2.41. The van der Waals surface area contributed by atoms with Crippen LogP contribution < -0.4 is 11.5 Å². The highest BCUT2D eigenvalue weighted by Crippen LogP contribution is 2.44. The molecule has 6 heteroatoms. The summed E-state index contributed by atoms with van der Waals surface area (Å²) in [6.45, 7) is 5.63. The zero-order chi connectivity index (χ0) is 25.7. The molecule has 1 spiro atoms. The van der Waals surface area contributed by atoms with Gasteiger partial charge in [0.05, 0.1) is 0 Å². The summed E-state index contributed by atoms with van der Waals surface area (Å²) in [6, 6.07) is 8.04. The van der Waals surface area contributed by atoms with Gasteiger partial charge in [-0.05, 0) is 42.2 Å². The van der Waals surface area contributed by atoms with E-state index in [4.69, 9.17) is 11.5 Å². The van der Waals surface area contributed by atoms with Gasteiger partial charge < -0.3 is 16.4 Å². The molecule has 1 saturated carbocycles. The van der Waals surface area contributed by atoms with E-state index in [9.17, 15) is 9.59 Å². The Bertz CT molecular complexity index is 982. The van der Waals surface area contributed by atoms with Crippen molar-refractivity contribution in [3.8, 4) is 0 Å². The van der Waals surface area contributed by atoms with Crippen LogP contribution in [0.1, 0.15) is 89.2 Å². The summed E-state index contributed by atoms with van der Waals surface area (Å²) in [6.07, 6.45) is 14.1. The lowest BCUT2D eigenvalue weighted by atomic mass is 9.74. The standard InChI is InChI=1S/C30H44N4O2/c1-3-21(2)24(20-27(35)26(33-29(31)32)19-22-9-5-4-6-10-22)28(36)34-17-15-30(16-18-34)14-13-23-11-7-8-12-25(23)30/h7-8,11-14,21-22,24,26H,3-6,9-10,15-20H2,1-2H3,(H4,31,32,33)/t21-,24-,26-/m0/s1. The SMILES string of the molecule is CC[C@H](C)[C@H](CC(=O)[C@H](CC1CCCCC1)N=C(N)N)C(=O)N1CCC2(C=Cc3ccccc32)CC1. The molecular formula is C30H44N4O2. The lowest BCUT2D eigenvalue weighted by Gasteiger charge is -2.41. The number of likely N-dealkylation sites (tertiary alicyclic amines) is 1. The molecule has 0 aromatic heterocycles. The summed E-state index contributed by atoms with van der Waals surface area (Å²) in [4.78, 5) is 33.6. The van der Waals surface area contributed by atoms with E-state index in [2.05, 4.69) is 55.3 Å². The number of benzene rings is 1. The maximum atomic E-state index is 13.8. The quantitative estimate of drug-likeness (QED) is 0.381. The Labute approximate surface area is 216 Å². The van der Waals surface area contributed by atoms with Crippen LogP contribution in [0.4, 0.5) is 0 Å². The smallest absolute Gasteiger partial charge is 0.226 e. The zero-order valence-corrected chi connectivity index (χ0v) is 22.1. The zero-order valence-electron chi connectivity index (χ0n) is 22.1. The van der Waals surface area contributed by atoms with Gasteiger partial charge in [-0.2, -0.15) is 0 Å². The van der Waals surface area contributed by atoms with Gasteiger partial charge in [0.15, 0.2) is 11.7 Å². The molecular weight excluding hydrogens is 448 g/mol. The summed E-state index contributed by atoms with van der Waals surface area (Å²) in [5.74, 6) is 0.360. The van der Waals surface area contributed by atoms with Crippen molar-refractivity contribution in [2.24, 2.45) is 34.2 Å². The minimum atomic E-state index is -0.540. The van der Waals surface area contributed by atoms with Gasteiger partial charge >= 0.3 is 0 Å². The predicted octanol–water partition coefficient (Wildman–Crippen LogP) is 4.81. The Morgan fingerprint density at radius 3 is 2.47 bits per heavy atom. The number of nitrogens with zero attached hydrogens (tertiary/aromatic N) is 2. The third-order valence-electron chi connectivity index (χ3n) is 9.07. The highest BCUT2D eigenvalue weighted by molar-refractivity contribution is 5.91. The number of guanidine groups is 1. The predicted molar refractivity (Wildman–Crippen MR) is 146 cm³/mol. The molecule has 4 rings (SSSR count). The van der Waals surface area contributed by atoms with E-state index < -0.39 is 6.04 Å². The third-order valence-corrected chi connectivity index (χ3v) is 9.07. The van der Waals surface area contributed by atoms with Crippen molar-refractivity contribution < 1.29 is 9.59 Å². The van der Waals surface area contributed by atoms with Crippen LogP contribution >= 0.6 is 0 Å². The summed E-state index contributed by atoms with van der Waals surface area (Å²) in [7, 11) is 0. The molecule has 1 saturated heterocycles. The van der Waals surface area contributed by atoms with Crippen LogP contribution in [0.15, 0.2) is 35.3 Å². The number of rotatable bonds is 9. The van der Waals surface area contributed by atoms with E-state index >= 15 is 0 Å². The largest absolute Gasteiger partial charge is 0.370 e. The third kappa shape index (κ3) is 5.84. The van der Waals surface area contributed by atoms with E-state index in [-0.39, 0.29) is 41.3 Å². The van der Waals surface area contributed by atoms with Crippen molar-refractivity contribution in [1.82, 2.24) is 4.90 Å². The molecule has 1 heterocycles. The maximum Gasteiger partial charge on any atom is 0.226 e. The molecule has 2 aliphatic carbocycles. The molecule has 196 valence electrons. The van der Waals surface area contributed by atoms with Gasteiger partial charge in [-0.15, -0.1) is 0 Å². The van der Waals surface area contributed by atoms with Gasteiger partial charge in [0.1, 0.15) is 6.04 Å². The van der Waals surface area contributed by atoms with Crippen LogP contribution in [0.25, 0.3) is 6.08 Å². The van der Waals surface area contributed by atoms with Crippen molar-refractivity contribution in [3.05, 3.63) is 41.5 Å². The topological polar surface area (TPSA) is 102 Å². The maximum absolute atomic E-state index is 13.8. The molecule has 3 aliphatic rings. The summed E-state index contributed by atoms with van der Waals surface area (Å²) >= 11 is 0. The first-order valence-corrected chi connectivity index (χ1v) is 14.0. The average Bonchev–Trinajstić information content (AvgIpc) is 3.24. The second kappa shape index (κ2) is 11.6. The molecule has 6 nitrogen and oxygen atoms in total. The minimum absolute atomic E-state index is 0.00811. The summed E-state index contributed by atoms with van der Waals surface area (Å²) < 4.78 is 0. The number of fused-ring (bicyclic) bond motifs is 2. The van der Waals surface area contributed by atoms with Crippen molar-refractivity contribution in [3.63, 3.8) is 0 Å². The van der Waals surface area contributed by atoms with E-state index in [1.165, 1.54) is 30.4 Å². The monoisotopic (exact) mass is 492 g/mol. The molecule has 0 unspecified atom stereocenters. The molecule has 2 fully saturated rings. The molecule has 0 bridgehead atoms. The second-order valence-electron chi connectivity index (χ2n) is 11.4. The van der Waals surface area contributed by atoms with Crippen molar-refractivity contribution in [2.75, 3.05) is 13.1 Å². The Balaban J connectivity index is 1.43. The van der Waals surface area contributed by atoms with Crippen LogP contribution in [0.5, 0.6) is 0 Å². The van der Waals surface area contributed by atoms with Crippen LogP contribution in [0.3, 0.4) is 0 Å². The Hall–Kier alpha value is -2.63. The first kappa shape index (κ1) is 26.4. The number of ketones is 1. The normalized spacial score (nSPS) is 21.6. The highest BCUT2D eigenvalue weighted by atomic mass is 16.2. The Morgan fingerprint density at radius 1 is 1.11 bits per heavy atom. The van der Waals surface area contributed by atoms with Crippen LogP contribution in [-0.4, -0.2) is 41.7 Å². The van der Waals surface area contributed by atoms with E-state index in [0.29, 0.717) is 12.3 Å². The second-order valence-corrected chi connectivity index (χ2v) is 11.4. The van der Waals surface area contributed by atoms with Crippen LogP contribution in [-0.2, 0) is 15.0 Å². The fourth-order valence-electron chi connectivity index (χ4n) is 6.58. The Kier molecular flexibility index (Phi) is 8.53. The van der Waals surface area contributed by atoms with Crippen LogP contribution in [0.2, 0.25) is 0 Å². The van der Waals surface area contributed by atoms with E-state index in [1.807, 2.05) is 4.90 Å². The lowest BCUT2D eigenvalue weighted by Crippen LogP contribution is -2.47. The summed E-state index contributed by atoms with van der Waals surface area (Å²) in [5.41, 5.74) is 14.1. The number of carbonyl (C=O) groups excluding carboxylic acids is 2. The van der Waals surface area contributed by atoms with Crippen molar-refractivity contribution in [2.45, 2.75) is 89.5 Å². The number of amides is 1. The molecule has 1 amide bonds. The van der Waals surface area contributed by atoms with Crippen molar-refractivity contribution in [1.29, 1.82) is 0 Å². The molecule has 0 radical (unpaired) electrons. The number of piperidine rings is 1. The Morgan fingerprint density at radius 2 is 1.81 bits per heavy atom. The minimum Gasteiger partial charge on any atom is -0.370 e. The number of carbonyl (C=O) groups is 2. The average molecular weight is 493 g/mol.